The average Bonchev–Trinajstić information content (AvgIpc) is 2.25. The van der Waals surface area contributed by atoms with Crippen LogP contribution in [-0.4, -0.2) is 43.2 Å². The van der Waals surface area contributed by atoms with Crippen LogP contribution in [0.2, 0.25) is 0 Å². The highest BCUT2D eigenvalue weighted by molar-refractivity contribution is 5.71. The second kappa shape index (κ2) is 9.44. The van der Waals surface area contributed by atoms with Gasteiger partial charge in [0.25, 0.3) is 0 Å². The van der Waals surface area contributed by atoms with Crippen LogP contribution in [0.5, 0.6) is 0 Å². The van der Waals surface area contributed by atoms with E-state index in [9.17, 15) is 4.79 Å². The van der Waals surface area contributed by atoms with Gasteiger partial charge in [0.05, 0.1) is 25.7 Å². The van der Waals surface area contributed by atoms with Crippen molar-refractivity contribution in [1.82, 2.24) is 0 Å². The van der Waals surface area contributed by atoms with Gasteiger partial charge in [-0.3, -0.25) is 4.79 Å². The van der Waals surface area contributed by atoms with Crippen molar-refractivity contribution < 1.29 is 26.4 Å². The van der Waals surface area contributed by atoms with Crippen LogP contribution in [0.15, 0.2) is 0 Å². The standard InChI is InChI=1S/C11H21N2O2.ClH/c1-4-13(5-2,6-3)9-10-15-11(14)7-8-12;/h4-7,9-10H2,1-3H3;1H/q+1;/p-1. The second-order valence-corrected chi connectivity index (χ2v) is 3.57. The maximum Gasteiger partial charge on any atom is 0.320 e. The summed E-state index contributed by atoms with van der Waals surface area (Å²) < 4.78 is 5.92. The predicted molar refractivity (Wildman–Crippen MR) is 57.9 cm³/mol. The molecule has 0 spiro atoms. The van der Waals surface area contributed by atoms with Crippen molar-refractivity contribution in [2.75, 3.05) is 32.8 Å². The third kappa shape index (κ3) is 5.94. The monoisotopic (exact) mass is 248 g/mol. The number of nitrogens with zero attached hydrogens (tertiary/aromatic N) is 2. The number of esters is 1. The Labute approximate surface area is 104 Å². The molecule has 0 aromatic carbocycles. The number of likely N-dealkylation sites (N-methyl/N-ethyl adjacent to an activating group) is 1. The second-order valence-electron chi connectivity index (χ2n) is 3.57. The van der Waals surface area contributed by atoms with Crippen molar-refractivity contribution in [3.8, 4) is 6.07 Å². The summed E-state index contributed by atoms with van der Waals surface area (Å²) in [7, 11) is 0. The van der Waals surface area contributed by atoms with Crippen LogP contribution in [0.25, 0.3) is 0 Å². The molecular weight excluding hydrogens is 228 g/mol. The van der Waals surface area contributed by atoms with E-state index in [-0.39, 0.29) is 18.8 Å². The molecule has 0 aliphatic heterocycles. The van der Waals surface area contributed by atoms with Crippen LogP contribution in [-0.2, 0) is 9.53 Å². The normalized spacial score (nSPS) is 10.1. The zero-order valence-electron chi connectivity index (χ0n) is 10.3. The molecule has 0 saturated carbocycles. The first-order valence-corrected chi connectivity index (χ1v) is 5.51. The molecule has 0 amide bonds. The number of hydrogen-bond acceptors (Lipinski definition) is 3. The zero-order valence-corrected chi connectivity index (χ0v) is 11.1. The van der Waals surface area contributed by atoms with Crippen molar-refractivity contribution >= 4 is 5.97 Å². The fourth-order valence-corrected chi connectivity index (χ4v) is 1.61. The average molecular weight is 249 g/mol. The van der Waals surface area contributed by atoms with E-state index in [4.69, 9.17) is 10.00 Å². The maximum atomic E-state index is 10.9. The molecule has 0 saturated heterocycles. The summed E-state index contributed by atoms with van der Waals surface area (Å²) in [5.74, 6) is -0.418. The molecule has 5 heteroatoms. The molecule has 0 aromatic rings. The van der Waals surface area contributed by atoms with Gasteiger partial charge >= 0.3 is 5.97 Å². The Balaban J connectivity index is 0. The molecule has 0 aliphatic carbocycles. The summed E-state index contributed by atoms with van der Waals surface area (Å²) in [6, 6.07) is 1.78. The number of ether oxygens (including phenoxy) is 1. The van der Waals surface area contributed by atoms with Crippen molar-refractivity contribution in [1.29, 1.82) is 5.26 Å². The van der Waals surface area contributed by atoms with Crippen LogP contribution in [0.1, 0.15) is 27.2 Å². The lowest BCUT2D eigenvalue weighted by molar-refractivity contribution is -0.923. The number of rotatable bonds is 7. The first-order chi connectivity index (χ1) is 7.14. The van der Waals surface area contributed by atoms with Gasteiger partial charge in [-0.1, -0.05) is 0 Å². The summed E-state index contributed by atoms with van der Waals surface area (Å²) in [5.41, 5.74) is 0. The Morgan fingerprint density at radius 2 is 1.75 bits per heavy atom. The number of carbonyl (C=O) groups excluding carboxylic acids is 1. The lowest BCUT2D eigenvalue weighted by Crippen LogP contribution is -3.00. The number of halogens is 1. The van der Waals surface area contributed by atoms with Gasteiger partial charge in [0.1, 0.15) is 19.6 Å². The largest absolute Gasteiger partial charge is 1.00 e. The third-order valence-corrected chi connectivity index (χ3v) is 3.06. The lowest BCUT2D eigenvalue weighted by atomic mass is 10.3. The first-order valence-electron chi connectivity index (χ1n) is 5.51. The van der Waals surface area contributed by atoms with Crippen LogP contribution in [0.3, 0.4) is 0 Å². The quantitative estimate of drug-likeness (QED) is 0.400. The molecule has 94 valence electrons. The Kier molecular flexibility index (Phi) is 10.4. The van der Waals surface area contributed by atoms with Gasteiger partial charge in [-0.15, -0.1) is 0 Å². The molecule has 0 atom stereocenters. The van der Waals surface area contributed by atoms with Crippen molar-refractivity contribution in [3.63, 3.8) is 0 Å². The Hall–Kier alpha value is -0.790. The molecule has 0 aromatic heterocycles. The Bertz CT molecular complexity index is 226. The molecule has 0 N–H and O–H groups in total. The zero-order chi connectivity index (χ0) is 11.7. The van der Waals surface area contributed by atoms with E-state index < -0.39 is 5.97 Å². The van der Waals surface area contributed by atoms with Crippen LogP contribution >= 0.6 is 0 Å². The smallest absolute Gasteiger partial charge is 0.320 e. The van der Waals surface area contributed by atoms with Gasteiger partial charge in [-0.2, -0.15) is 5.26 Å². The molecule has 16 heavy (non-hydrogen) atoms. The van der Waals surface area contributed by atoms with E-state index in [0.29, 0.717) is 6.61 Å². The number of nitriles is 1. The maximum absolute atomic E-state index is 10.9. The first kappa shape index (κ1) is 17.6. The molecule has 0 bridgehead atoms. The molecule has 0 heterocycles. The highest BCUT2D eigenvalue weighted by Gasteiger charge is 2.20. The van der Waals surface area contributed by atoms with E-state index in [2.05, 4.69) is 20.8 Å². The van der Waals surface area contributed by atoms with E-state index in [0.717, 1.165) is 30.7 Å². The van der Waals surface area contributed by atoms with Gasteiger partial charge < -0.3 is 21.6 Å². The SMILES string of the molecule is CC[N+](CC)(CC)CCOC(=O)CC#N.[Cl-]. The highest BCUT2D eigenvalue weighted by Crippen LogP contribution is 2.05. The van der Waals surface area contributed by atoms with E-state index in [1.54, 1.807) is 6.07 Å². The highest BCUT2D eigenvalue weighted by atomic mass is 35.5. The lowest BCUT2D eigenvalue weighted by Gasteiger charge is -2.35. The molecule has 0 fully saturated rings. The summed E-state index contributed by atoms with van der Waals surface area (Å²) in [6.07, 6.45) is -0.148. The summed E-state index contributed by atoms with van der Waals surface area (Å²) in [6.45, 7) is 10.8. The van der Waals surface area contributed by atoms with Crippen LogP contribution in [0.4, 0.5) is 0 Å². The summed E-state index contributed by atoms with van der Waals surface area (Å²) in [5, 5.41) is 8.28. The third-order valence-electron chi connectivity index (χ3n) is 3.06. The molecule has 0 aliphatic rings. The fourth-order valence-electron chi connectivity index (χ4n) is 1.61. The number of hydrogen-bond donors (Lipinski definition) is 0. The topological polar surface area (TPSA) is 50.1 Å². The minimum atomic E-state index is -0.418. The van der Waals surface area contributed by atoms with Crippen LogP contribution < -0.4 is 12.4 Å². The van der Waals surface area contributed by atoms with Gasteiger partial charge in [-0.25, -0.2) is 0 Å². The predicted octanol–water partition coefficient (Wildman–Crippen LogP) is -1.68. The number of quaternary nitrogens is 1. The summed E-state index contributed by atoms with van der Waals surface area (Å²) >= 11 is 0. The van der Waals surface area contributed by atoms with Gasteiger partial charge in [0.2, 0.25) is 0 Å². The van der Waals surface area contributed by atoms with E-state index in [1.807, 2.05) is 0 Å². The minimum Gasteiger partial charge on any atom is -1.00 e. The van der Waals surface area contributed by atoms with Crippen molar-refractivity contribution in [3.05, 3.63) is 0 Å². The van der Waals surface area contributed by atoms with E-state index >= 15 is 0 Å². The van der Waals surface area contributed by atoms with Gasteiger partial charge in [0.15, 0.2) is 0 Å². The molecule has 0 radical (unpaired) electrons. The van der Waals surface area contributed by atoms with Gasteiger partial charge in [0, 0.05) is 0 Å². The number of carbonyl (C=O) groups is 1. The Morgan fingerprint density at radius 3 is 2.12 bits per heavy atom. The van der Waals surface area contributed by atoms with Gasteiger partial charge in [-0.05, 0) is 20.8 Å². The summed E-state index contributed by atoms with van der Waals surface area (Å²) in [4.78, 5) is 10.9. The van der Waals surface area contributed by atoms with E-state index in [1.165, 1.54) is 0 Å². The molecular formula is C11H21ClN2O2. The van der Waals surface area contributed by atoms with Crippen molar-refractivity contribution in [2.45, 2.75) is 27.2 Å². The molecule has 0 unspecified atom stereocenters. The van der Waals surface area contributed by atoms with Crippen LogP contribution in [0, 0.1) is 11.3 Å². The Morgan fingerprint density at radius 1 is 1.25 bits per heavy atom. The molecule has 0 rings (SSSR count). The fraction of sp³-hybridized carbons (Fsp3) is 0.818. The molecule has 4 nitrogen and oxygen atoms in total. The minimum absolute atomic E-state index is 0. The van der Waals surface area contributed by atoms with Crippen molar-refractivity contribution in [2.24, 2.45) is 0 Å².